The van der Waals surface area contributed by atoms with E-state index >= 15 is 0 Å². The second-order valence-corrected chi connectivity index (χ2v) is 6.02. The summed E-state index contributed by atoms with van der Waals surface area (Å²) in [7, 11) is 0. The highest BCUT2D eigenvalue weighted by Crippen LogP contribution is 2.36. The lowest BCUT2D eigenvalue weighted by Crippen LogP contribution is -2.44. The van der Waals surface area contributed by atoms with Gasteiger partial charge in [0.2, 0.25) is 0 Å². The Morgan fingerprint density at radius 2 is 2.00 bits per heavy atom. The van der Waals surface area contributed by atoms with E-state index in [1.165, 1.54) is 12.8 Å². The predicted octanol–water partition coefficient (Wildman–Crippen LogP) is 1.90. The van der Waals surface area contributed by atoms with Crippen LogP contribution in [0.1, 0.15) is 39.0 Å². The summed E-state index contributed by atoms with van der Waals surface area (Å²) in [6.07, 6.45) is 8.66. The van der Waals surface area contributed by atoms with Gasteiger partial charge in [0.05, 0.1) is 12.0 Å². The summed E-state index contributed by atoms with van der Waals surface area (Å²) in [5.74, 6) is -1.31. The van der Waals surface area contributed by atoms with Gasteiger partial charge < -0.3 is 15.7 Å². The zero-order chi connectivity index (χ0) is 13.9. The molecule has 0 saturated heterocycles. The Morgan fingerprint density at radius 3 is 2.58 bits per heavy atom. The number of carbonyl (C=O) groups is 2. The van der Waals surface area contributed by atoms with Gasteiger partial charge in [-0.15, -0.1) is 0 Å². The molecule has 3 N–H and O–H groups in total. The molecular weight excluding hydrogens is 244 g/mol. The molecule has 5 nitrogen and oxygen atoms in total. The molecule has 0 heterocycles. The molecule has 0 radical (unpaired) electrons. The van der Waals surface area contributed by atoms with Crippen molar-refractivity contribution in [3.63, 3.8) is 0 Å². The normalized spacial score (nSPS) is 28.3. The molecule has 0 aromatic rings. The summed E-state index contributed by atoms with van der Waals surface area (Å²) in [4.78, 5) is 22.6. The Bertz CT molecular complexity index is 386. The Kier molecular flexibility index (Phi) is 4.12. The largest absolute Gasteiger partial charge is 0.481 e. The fourth-order valence-corrected chi connectivity index (χ4v) is 2.91. The van der Waals surface area contributed by atoms with Gasteiger partial charge in [-0.1, -0.05) is 31.9 Å². The molecule has 5 heteroatoms. The zero-order valence-corrected chi connectivity index (χ0v) is 11.3. The van der Waals surface area contributed by atoms with Crippen LogP contribution in [-0.4, -0.2) is 29.7 Å². The summed E-state index contributed by atoms with van der Waals surface area (Å²) in [5, 5.41) is 14.6. The lowest BCUT2D eigenvalue weighted by Gasteiger charge is -2.24. The van der Waals surface area contributed by atoms with E-state index < -0.39 is 11.9 Å². The molecule has 1 fully saturated rings. The van der Waals surface area contributed by atoms with Crippen molar-refractivity contribution in [2.24, 2.45) is 11.3 Å². The highest BCUT2D eigenvalue weighted by atomic mass is 16.4. The van der Waals surface area contributed by atoms with Crippen LogP contribution in [0.5, 0.6) is 0 Å². The second-order valence-electron chi connectivity index (χ2n) is 6.02. The third kappa shape index (κ3) is 3.72. The van der Waals surface area contributed by atoms with E-state index in [9.17, 15) is 9.59 Å². The van der Waals surface area contributed by atoms with Crippen LogP contribution in [0.25, 0.3) is 0 Å². The third-order valence-corrected chi connectivity index (χ3v) is 4.20. The molecule has 2 atom stereocenters. The Hall–Kier alpha value is -1.52. The maximum Gasteiger partial charge on any atom is 0.315 e. The SMILES string of the molecule is CC1(CNC(=O)NC2C=CC(C(=O)O)C2)CCCC1. The Balaban J connectivity index is 1.71. The lowest BCUT2D eigenvalue weighted by molar-refractivity contribution is -0.140. The molecule has 2 rings (SSSR count). The number of aliphatic carboxylic acids is 1. The van der Waals surface area contributed by atoms with Crippen LogP contribution in [0.2, 0.25) is 0 Å². The molecule has 2 unspecified atom stereocenters. The van der Waals surface area contributed by atoms with Crippen molar-refractivity contribution in [2.45, 2.75) is 45.1 Å². The van der Waals surface area contributed by atoms with Gasteiger partial charge in [-0.2, -0.15) is 0 Å². The van der Waals surface area contributed by atoms with Crippen LogP contribution in [0.15, 0.2) is 12.2 Å². The minimum absolute atomic E-state index is 0.169. The summed E-state index contributed by atoms with van der Waals surface area (Å²) in [6, 6.07) is -0.369. The number of rotatable bonds is 4. The number of amides is 2. The van der Waals surface area contributed by atoms with Crippen molar-refractivity contribution < 1.29 is 14.7 Å². The van der Waals surface area contributed by atoms with Crippen molar-refractivity contribution in [3.8, 4) is 0 Å². The fraction of sp³-hybridized carbons (Fsp3) is 0.714. The van der Waals surface area contributed by atoms with Crippen molar-refractivity contribution in [2.75, 3.05) is 6.54 Å². The van der Waals surface area contributed by atoms with E-state index in [-0.39, 0.29) is 17.5 Å². The molecule has 0 aromatic heterocycles. The first-order chi connectivity index (χ1) is 8.98. The predicted molar refractivity (Wildman–Crippen MR) is 71.8 cm³/mol. The third-order valence-electron chi connectivity index (χ3n) is 4.20. The van der Waals surface area contributed by atoms with Gasteiger partial charge in [0.15, 0.2) is 0 Å². The molecule has 2 aliphatic rings. The number of carbonyl (C=O) groups excluding carboxylic acids is 1. The van der Waals surface area contributed by atoms with Gasteiger partial charge in [-0.3, -0.25) is 4.79 Å². The monoisotopic (exact) mass is 266 g/mol. The summed E-state index contributed by atoms with van der Waals surface area (Å²) in [6.45, 7) is 2.90. The van der Waals surface area contributed by atoms with E-state index in [0.717, 1.165) is 12.8 Å². The number of hydrogen-bond donors (Lipinski definition) is 3. The van der Waals surface area contributed by atoms with Crippen molar-refractivity contribution in [1.29, 1.82) is 0 Å². The van der Waals surface area contributed by atoms with Gasteiger partial charge in [-0.05, 0) is 24.7 Å². The first-order valence-electron chi connectivity index (χ1n) is 6.94. The van der Waals surface area contributed by atoms with E-state index in [2.05, 4.69) is 17.6 Å². The van der Waals surface area contributed by atoms with Gasteiger partial charge in [-0.25, -0.2) is 4.79 Å². The lowest BCUT2D eigenvalue weighted by atomic mass is 9.89. The molecular formula is C14H22N2O3. The minimum atomic E-state index is -0.834. The molecule has 1 saturated carbocycles. The smallest absolute Gasteiger partial charge is 0.315 e. The van der Waals surface area contributed by atoms with E-state index in [0.29, 0.717) is 13.0 Å². The highest BCUT2D eigenvalue weighted by molar-refractivity contribution is 5.76. The average Bonchev–Trinajstić information content (AvgIpc) is 2.97. The van der Waals surface area contributed by atoms with E-state index in [1.807, 2.05) is 0 Å². The summed E-state index contributed by atoms with van der Waals surface area (Å²) in [5.41, 5.74) is 0.229. The van der Waals surface area contributed by atoms with Gasteiger partial charge >= 0.3 is 12.0 Å². The fourth-order valence-electron chi connectivity index (χ4n) is 2.91. The van der Waals surface area contributed by atoms with Crippen LogP contribution in [-0.2, 0) is 4.79 Å². The molecule has 0 bridgehead atoms. The van der Waals surface area contributed by atoms with Crippen molar-refractivity contribution >= 4 is 12.0 Å². The van der Waals surface area contributed by atoms with E-state index in [1.54, 1.807) is 12.2 Å². The summed E-state index contributed by atoms with van der Waals surface area (Å²) < 4.78 is 0. The van der Waals surface area contributed by atoms with Crippen LogP contribution < -0.4 is 10.6 Å². The number of nitrogens with one attached hydrogen (secondary N) is 2. The maximum atomic E-state index is 11.8. The number of hydrogen-bond acceptors (Lipinski definition) is 2. The van der Waals surface area contributed by atoms with Crippen LogP contribution in [0.4, 0.5) is 4.79 Å². The number of urea groups is 1. The first kappa shape index (κ1) is 13.9. The highest BCUT2D eigenvalue weighted by Gasteiger charge is 2.29. The molecule has 2 amide bonds. The van der Waals surface area contributed by atoms with Gasteiger partial charge in [0.25, 0.3) is 0 Å². The summed E-state index contributed by atoms with van der Waals surface area (Å²) >= 11 is 0. The second kappa shape index (κ2) is 5.63. The van der Waals surface area contributed by atoms with Crippen LogP contribution in [0.3, 0.4) is 0 Å². The molecule has 0 spiro atoms. The van der Waals surface area contributed by atoms with E-state index in [4.69, 9.17) is 5.11 Å². The van der Waals surface area contributed by atoms with Crippen LogP contribution in [0, 0.1) is 11.3 Å². The molecule has 106 valence electrons. The zero-order valence-electron chi connectivity index (χ0n) is 11.3. The topological polar surface area (TPSA) is 78.4 Å². The number of carboxylic acids is 1. The van der Waals surface area contributed by atoms with Gasteiger partial charge in [0.1, 0.15) is 0 Å². The number of carboxylic acid groups (broad SMARTS) is 1. The molecule has 0 aromatic carbocycles. The quantitative estimate of drug-likeness (QED) is 0.680. The van der Waals surface area contributed by atoms with Crippen molar-refractivity contribution in [3.05, 3.63) is 12.2 Å². The average molecular weight is 266 g/mol. The van der Waals surface area contributed by atoms with Crippen molar-refractivity contribution in [1.82, 2.24) is 10.6 Å². The molecule has 0 aliphatic heterocycles. The van der Waals surface area contributed by atoms with Gasteiger partial charge in [0, 0.05) is 6.54 Å². The minimum Gasteiger partial charge on any atom is -0.481 e. The van der Waals surface area contributed by atoms with Crippen LogP contribution >= 0.6 is 0 Å². The maximum absolute atomic E-state index is 11.8. The molecule has 2 aliphatic carbocycles. The Labute approximate surface area is 113 Å². The standard InChI is InChI=1S/C14H22N2O3/c1-14(6-2-3-7-14)9-15-13(19)16-11-5-4-10(8-11)12(17)18/h4-5,10-11H,2-3,6-9H2,1H3,(H,17,18)(H2,15,16,19). The Morgan fingerprint density at radius 1 is 1.32 bits per heavy atom. The molecule has 19 heavy (non-hydrogen) atoms. The first-order valence-corrected chi connectivity index (χ1v) is 6.94.